The Morgan fingerprint density at radius 2 is 2.12 bits per heavy atom. The van der Waals surface area contributed by atoms with E-state index >= 15 is 0 Å². The number of nitrogens with zero attached hydrogens (tertiary/aromatic N) is 1. The van der Waals surface area contributed by atoms with Gasteiger partial charge in [0.25, 0.3) is 0 Å². The fraction of sp³-hybridized carbons (Fsp3) is 0.200. The smallest absolute Gasteiger partial charge is 0.240 e. The summed E-state index contributed by atoms with van der Waals surface area (Å²) in [5.41, 5.74) is 5.27. The number of fused-ring (bicyclic) bond motifs is 1. The van der Waals surface area contributed by atoms with E-state index in [1.165, 1.54) is 24.3 Å². The van der Waals surface area contributed by atoms with E-state index in [-0.39, 0.29) is 11.7 Å². The summed E-state index contributed by atoms with van der Waals surface area (Å²) in [6.45, 7) is 0. The van der Waals surface area contributed by atoms with Crippen molar-refractivity contribution < 1.29 is 14.6 Å². The molecule has 0 radical (unpaired) electrons. The summed E-state index contributed by atoms with van der Waals surface area (Å²) in [4.78, 5) is 15.1. The van der Waals surface area contributed by atoms with Gasteiger partial charge >= 0.3 is 0 Å². The Bertz CT molecular complexity index is 931. The number of rotatable bonds is 7. The molecule has 0 atom stereocenters. The van der Waals surface area contributed by atoms with Gasteiger partial charge in [-0.3, -0.25) is 4.79 Å². The normalized spacial score (nSPS) is 11.1. The van der Waals surface area contributed by atoms with Crippen LogP contribution < -0.4 is 10.2 Å². The molecule has 0 spiro atoms. The SMILES string of the molecule is COc1cccc(/C=N\NC(=O)CCCc2c[nH]c3ccccc23)c1O. The molecule has 3 N–H and O–H groups in total. The van der Waals surface area contributed by atoms with Gasteiger partial charge < -0.3 is 14.8 Å². The number of methoxy groups -OCH3 is 1. The first kappa shape index (κ1) is 17.5. The first-order valence-corrected chi connectivity index (χ1v) is 8.42. The van der Waals surface area contributed by atoms with E-state index in [2.05, 4.69) is 21.6 Å². The Kier molecular flexibility index (Phi) is 5.53. The number of nitrogens with one attached hydrogen (secondary N) is 2. The minimum atomic E-state index is -0.163. The molecular formula is C20H21N3O3. The molecule has 0 fully saturated rings. The van der Waals surface area contributed by atoms with Crippen molar-refractivity contribution in [3.8, 4) is 11.5 Å². The molecule has 3 rings (SSSR count). The van der Waals surface area contributed by atoms with Gasteiger partial charge in [0.2, 0.25) is 5.91 Å². The lowest BCUT2D eigenvalue weighted by Crippen LogP contribution is -2.17. The van der Waals surface area contributed by atoms with Gasteiger partial charge in [-0.15, -0.1) is 0 Å². The average Bonchev–Trinajstić information content (AvgIpc) is 3.06. The maximum absolute atomic E-state index is 11.9. The van der Waals surface area contributed by atoms with E-state index in [4.69, 9.17) is 4.74 Å². The van der Waals surface area contributed by atoms with Gasteiger partial charge in [0.1, 0.15) is 0 Å². The van der Waals surface area contributed by atoms with Gasteiger partial charge in [0, 0.05) is 29.1 Å². The second kappa shape index (κ2) is 8.20. The van der Waals surface area contributed by atoms with E-state index < -0.39 is 0 Å². The summed E-state index contributed by atoms with van der Waals surface area (Å²) in [7, 11) is 1.48. The van der Waals surface area contributed by atoms with Crippen molar-refractivity contribution in [3.63, 3.8) is 0 Å². The molecule has 1 aromatic heterocycles. The first-order valence-electron chi connectivity index (χ1n) is 8.42. The maximum atomic E-state index is 11.9. The van der Waals surface area contributed by atoms with Crippen LogP contribution in [0.2, 0.25) is 0 Å². The van der Waals surface area contributed by atoms with Crippen LogP contribution in [0.1, 0.15) is 24.0 Å². The van der Waals surface area contributed by atoms with Gasteiger partial charge in [-0.25, -0.2) is 5.43 Å². The number of hydrogen-bond donors (Lipinski definition) is 3. The lowest BCUT2D eigenvalue weighted by molar-refractivity contribution is -0.121. The maximum Gasteiger partial charge on any atom is 0.240 e. The Labute approximate surface area is 151 Å². The number of hydrazone groups is 1. The standard InChI is InChI=1S/C20H21N3O3/c1-26-18-10-4-7-15(20(18)25)13-22-23-19(24)11-5-6-14-12-21-17-9-3-2-8-16(14)17/h2-4,7-10,12-13,21,25H,5-6,11H2,1H3,(H,23,24)/b22-13-. The van der Waals surface area contributed by atoms with Crippen LogP contribution in [0, 0.1) is 0 Å². The van der Waals surface area contributed by atoms with Crippen molar-refractivity contribution in [1.29, 1.82) is 0 Å². The molecule has 6 heteroatoms. The van der Waals surface area contributed by atoms with Gasteiger partial charge in [0.15, 0.2) is 11.5 Å². The Balaban J connectivity index is 1.49. The lowest BCUT2D eigenvalue weighted by Gasteiger charge is -2.05. The summed E-state index contributed by atoms with van der Waals surface area (Å²) in [6.07, 6.45) is 5.31. The number of amides is 1. The van der Waals surface area contributed by atoms with E-state index in [0.29, 0.717) is 17.7 Å². The number of aromatic amines is 1. The molecular weight excluding hydrogens is 330 g/mol. The number of aromatic nitrogens is 1. The number of benzene rings is 2. The Hall–Kier alpha value is -3.28. The number of H-pyrrole nitrogens is 1. The zero-order chi connectivity index (χ0) is 18.4. The van der Waals surface area contributed by atoms with Crippen molar-refractivity contribution in [3.05, 3.63) is 59.8 Å². The third kappa shape index (κ3) is 4.03. The van der Waals surface area contributed by atoms with E-state index in [1.807, 2.05) is 24.4 Å². The highest BCUT2D eigenvalue weighted by Gasteiger charge is 2.06. The largest absolute Gasteiger partial charge is 0.504 e. The number of hydrogen-bond acceptors (Lipinski definition) is 4. The monoisotopic (exact) mass is 351 g/mol. The quantitative estimate of drug-likeness (QED) is 0.451. The molecule has 0 aliphatic carbocycles. The highest BCUT2D eigenvalue weighted by Crippen LogP contribution is 2.27. The molecule has 0 bridgehead atoms. The number of aromatic hydroxyl groups is 1. The summed E-state index contributed by atoms with van der Waals surface area (Å²) in [5, 5.41) is 15.0. The van der Waals surface area contributed by atoms with Crippen LogP contribution in [-0.2, 0) is 11.2 Å². The van der Waals surface area contributed by atoms with Gasteiger partial charge in [-0.1, -0.05) is 24.3 Å². The van der Waals surface area contributed by atoms with Gasteiger partial charge in [-0.05, 0) is 36.6 Å². The van der Waals surface area contributed by atoms with Crippen LogP contribution >= 0.6 is 0 Å². The molecule has 2 aromatic carbocycles. The Morgan fingerprint density at radius 3 is 2.96 bits per heavy atom. The predicted molar refractivity (Wildman–Crippen MR) is 102 cm³/mol. The summed E-state index contributed by atoms with van der Waals surface area (Å²) in [6, 6.07) is 13.2. The van der Waals surface area contributed by atoms with Crippen LogP contribution in [-0.4, -0.2) is 29.3 Å². The summed E-state index contributed by atoms with van der Waals surface area (Å²) in [5.74, 6) is 0.190. The number of para-hydroxylation sites is 2. The number of carbonyl (C=O) groups excluding carboxylic acids is 1. The van der Waals surface area contributed by atoms with E-state index in [1.54, 1.807) is 18.2 Å². The second-order valence-electron chi connectivity index (χ2n) is 5.90. The molecule has 0 saturated heterocycles. The van der Waals surface area contributed by atoms with Gasteiger partial charge in [0.05, 0.1) is 13.3 Å². The molecule has 0 unspecified atom stereocenters. The topological polar surface area (TPSA) is 86.7 Å². The predicted octanol–water partition coefficient (Wildman–Crippen LogP) is 3.36. The minimum absolute atomic E-state index is 0.00710. The van der Waals surface area contributed by atoms with Crippen molar-refractivity contribution in [2.24, 2.45) is 5.10 Å². The first-order chi connectivity index (χ1) is 12.7. The van der Waals surface area contributed by atoms with Crippen LogP contribution in [0.25, 0.3) is 10.9 Å². The second-order valence-corrected chi connectivity index (χ2v) is 5.90. The van der Waals surface area contributed by atoms with Crippen LogP contribution in [0.5, 0.6) is 11.5 Å². The van der Waals surface area contributed by atoms with Crippen molar-refractivity contribution >= 4 is 23.0 Å². The molecule has 134 valence electrons. The minimum Gasteiger partial charge on any atom is -0.504 e. The molecule has 26 heavy (non-hydrogen) atoms. The number of phenols is 1. The van der Waals surface area contributed by atoms with Crippen molar-refractivity contribution in [2.45, 2.75) is 19.3 Å². The number of ether oxygens (including phenoxy) is 1. The molecule has 0 saturated carbocycles. The van der Waals surface area contributed by atoms with Crippen LogP contribution in [0.15, 0.2) is 53.8 Å². The fourth-order valence-electron chi connectivity index (χ4n) is 2.82. The molecule has 0 aliphatic heterocycles. The molecule has 6 nitrogen and oxygen atoms in total. The summed E-state index contributed by atoms with van der Waals surface area (Å²) >= 11 is 0. The fourth-order valence-corrected chi connectivity index (χ4v) is 2.82. The molecule has 0 aliphatic rings. The van der Waals surface area contributed by atoms with Crippen LogP contribution in [0.3, 0.4) is 0 Å². The van der Waals surface area contributed by atoms with Crippen LogP contribution in [0.4, 0.5) is 0 Å². The van der Waals surface area contributed by atoms with Gasteiger partial charge in [-0.2, -0.15) is 5.10 Å². The molecule has 3 aromatic rings. The molecule has 1 heterocycles. The highest BCUT2D eigenvalue weighted by atomic mass is 16.5. The molecule has 1 amide bonds. The van der Waals surface area contributed by atoms with Crippen molar-refractivity contribution in [2.75, 3.05) is 7.11 Å². The highest BCUT2D eigenvalue weighted by molar-refractivity contribution is 5.86. The lowest BCUT2D eigenvalue weighted by atomic mass is 10.1. The summed E-state index contributed by atoms with van der Waals surface area (Å²) < 4.78 is 5.03. The average molecular weight is 351 g/mol. The zero-order valence-electron chi connectivity index (χ0n) is 14.5. The number of aryl methyl sites for hydroxylation is 1. The zero-order valence-corrected chi connectivity index (χ0v) is 14.5. The number of phenolic OH excluding ortho intramolecular Hbond substituents is 1. The van der Waals surface area contributed by atoms with E-state index in [9.17, 15) is 9.90 Å². The van der Waals surface area contributed by atoms with E-state index in [0.717, 1.165) is 18.4 Å². The number of carbonyl (C=O) groups is 1. The van der Waals surface area contributed by atoms with Crippen molar-refractivity contribution in [1.82, 2.24) is 10.4 Å². The Morgan fingerprint density at radius 1 is 1.27 bits per heavy atom. The third-order valence-corrected chi connectivity index (χ3v) is 4.17. The third-order valence-electron chi connectivity index (χ3n) is 4.17.